The molecule has 0 radical (unpaired) electrons. The summed E-state index contributed by atoms with van der Waals surface area (Å²) in [5.74, 6) is -0.303. The van der Waals surface area contributed by atoms with E-state index in [0.29, 0.717) is 5.56 Å². The highest BCUT2D eigenvalue weighted by molar-refractivity contribution is 5.95. The molecule has 0 fully saturated rings. The largest absolute Gasteiger partial charge is 0.345 e. The summed E-state index contributed by atoms with van der Waals surface area (Å²) >= 11 is 0. The zero-order valence-electron chi connectivity index (χ0n) is 14.9. The van der Waals surface area contributed by atoms with Crippen molar-refractivity contribution in [3.8, 4) is 0 Å². The number of hydrogen-bond acceptors (Lipinski definition) is 4. The number of benzene rings is 2. The Bertz CT molecular complexity index is 723. The molecule has 0 heterocycles. The Kier molecular flexibility index (Phi) is 8.75. The number of amides is 1. The van der Waals surface area contributed by atoms with Crippen LogP contribution in [0.15, 0.2) is 54.6 Å². The minimum Gasteiger partial charge on any atom is -0.345 e. The third-order valence-electron chi connectivity index (χ3n) is 3.92. The molecule has 0 aromatic heterocycles. The summed E-state index contributed by atoms with van der Waals surface area (Å²) in [7, 11) is 4.03. The first-order valence-corrected chi connectivity index (χ1v) is 8.22. The van der Waals surface area contributed by atoms with Gasteiger partial charge in [0.2, 0.25) is 0 Å². The average molecular weight is 378 g/mol. The molecule has 0 aliphatic heterocycles. The highest BCUT2D eigenvalue weighted by atomic mass is 35.5. The fourth-order valence-electron chi connectivity index (χ4n) is 2.62. The number of nitro benzene ring substituents is 1. The van der Waals surface area contributed by atoms with Crippen molar-refractivity contribution in [3.05, 3.63) is 75.8 Å². The van der Waals surface area contributed by atoms with Crippen molar-refractivity contribution in [3.63, 3.8) is 0 Å². The fourth-order valence-corrected chi connectivity index (χ4v) is 2.62. The molecule has 0 aliphatic carbocycles. The minimum absolute atomic E-state index is 0. The van der Waals surface area contributed by atoms with Crippen molar-refractivity contribution in [1.29, 1.82) is 0 Å². The van der Waals surface area contributed by atoms with Crippen molar-refractivity contribution in [2.45, 2.75) is 18.9 Å². The summed E-state index contributed by atoms with van der Waals surface area (Å²) in [4.78, 5) is 25.1. The van der Waals surface area contributed by atoms with Gasteiger partial charge in [-0.15, -0.1) is 12.4 Å². The third kappa shape index (κ3) is 6.46. The molecule has 1 N–H and O–H groups in total. The van der Waals surface area contributed by atoms with Gasteiger partial charge in [-0.1, -0.05) is 36.4 Å². The maximum Gasteiger partial charge on any atom is 0.270 e. The molecular formula is C19H24ClN3O3. The molecule has 0 saturated heterocycles. The number of nitrogens with one attached hydrogen (secondary N) is 1. The van der Waals surface area contributed by atoms with Gasteiger partial charge in [-0.25, -0.2) is 0 Å². The maximum absolute atomic E-state index is 12.6. The summed E-state index contributed by atoms with van der Waals surface area (Å²) in [5.41, 5.74) is 1.24. The number of halogens is 1. The molecule has 1 amide bonds. The van der Waals surface area contributed by atoms with E-state index >= 15 is 0 Å². The van der Waals surface area contributed by atoms with Gasteiger partial charge in [-0.05, 0) is 45.1 Å². The van der Waals surface area contributed by atoms with Gasteiger partial charge in [0.25, 0.3) is 11.6 Å². The van der Waals surface area contributed by atoms with Crippen molar-refractivity contribution >= 4 is 24.0 Å². The summed E-state index contributed by atoms with van der Waals surface area (Å²) in [6.45, 7) is 0.927. The SMILES string of the molecule is CN(C)CCCC(NC(=O)c1cccc([N+](=O)[O-])c1)c1ccccc1.Cl. The Balaban J connectivity index is 0.00000338. The van der Waals surface area contributed by atoms with Crippen LogP contribution in [-0.4, -0.2) is 36.4 Å². The molecular weight excluding hydrogens is 354 g/mol. The predicted molar refractivity (Wildman–Crippen MR) is 105 cm³/mol. The maximum atomic E-state index is 12.6. The van der Waals surface area contributed by atoms with E-state index in [1.807, 2.05) is 44.4 Å². The highest BCUT2D eigenvalue weighted by Crippen LogP contribution is 2.20. The number of nitrogens with zero attached hydrogens (tertiary/aromatic N) is 2. The van der Waals surface area contributed by atoms with Crippen LogP contribution in [0.2, 0.25) is 0 Å². The molecule has 0 spiro atoms. The van der Waals surface area contributed by atoms with Gasteiger partial charge in [-0.2, -0.15) is 0 Å². The van der Waals surface area contributed by atoms with Crippen molar-refractivity contribution in [2.75, 3.05) is 20.6 Å². The molecule has 7 heteroatoms. The first kappa shape index (κ1) is 21.6. The van der Waals surface area contributed by atoms with Crippen LogP contribution < -0.4 is 5.32 Å². The van der Waals surface area contributed by atoms with E-state index < -0.39 is 4.92 Å². The summed E-state index contributed by atoms with van der Waals surface area (Å²) in [6.07, 6.45) is 1.73. The molecule has 140 valence electrons. The van der Waals surface area contributed by atoms with Crippen LogP contribution in [0.3, 0.4) is 0 Å². The summed E-state index contributed by atoms with van der Waals surface area (Å²) < 4.78 is 0. The van der Waals surface area contributed by atoms with Gasteiger partial charge in [-0.3, -0.25) is 14.9 Å². The van der Waals surface area contributed by atoms with Gasteiger partial charge >= 0.3 is 0 Å². The van der Waals surface area contributed by atoms with Crippen LogP contribution in [0.25, 0.3) is 0 Å². The number of rotatable bonds is 8. The average Bonchev–Trinajstić information content (AvgIpc) is 2.61. The lowest BCUT2D eigenvalue weighted by Crippen LogP contribution is -2.29. The Morgan fingerprint density at radius 2 is 1.85 bits per heavy atom. The van der Waals surface area contributed by atoms with E-state index in [2.05, 4.69) is 10.2 Å². The first-order valence-electron chi connectivity index (χ1n) is 8.22. The second kappa shape index (κ2) is 10.5. The van der Waals surface area contributed by atoms with E-state index in [0.717, 1.165) is 24.9 Å². The Hall–Kier alpha value is -2.44. The van der Waals surface area contributed by atoms with E-state index in [9.17, 15) is 14.9 Å². The zero-order chi connectivity index (χ0) is 18.2. The van der Waals surface area contributed by atoms with E-state index in [-0.39, 0.29) is 30.0 Å². The summed E-state index contributed by atoms with van der Waals surface area (Å²) in [5, 5.41) is 13.9. The van der Waals surface area contributed by atoms with Crippen molar-refractivity contribution in [1.82, 2.24) is 10.2 Å². The van der Waals surface area contributed by atoms with E-state index in [1.54, 1.807) is 6.07 Å². The molecule has 1 atom stereocenters. The molecule has 0 aliphatic rings. The van der Waals surface area contributed by atoms with Crippen molar-refractivity contribution in [2.24, 2.45) is 0 Å². The van der Waals surface area contributed by atoms with Gasteiger partial charge in [0, 0.05) is 17.7 Å². The number of nitro groups is 1. The normalized spacial score (nSPS) is 11.5. The van der Waals surface area contributed by atoms with E-state index in [1.165, 1.54) is 18.2 Å². The highest BCUT2D eigenvalue weighted by Gasteiger charge is 2.17. The standard InChI is InChI=1S/C19H23N3O3.ClH/c1-21(2)13-7-12-18(15-8-4-3-5-9-15)20-19(23)16-10-6-11-17(14-16)22(24)25;/h3-6,8-11,14,18H,7,12-13H2,1-2H3,(H,20,23);1H. The smallest absolute Gasteiger partial charge is 0.270 e. The van der Waals surface area contributed by atoms with E-state index in [4.69, 9.17) is 0 Å². The molecule has 0 saturated carbocycles. The lowest BCUT2D eigenvalue weighted by Gasteiger charge is -2.20. The van der Waals surface area contributed by atoms with Gasteiger partial charge in [0.15, 0.2) is 0 Å². The van der Waals surface area contributed by atoms with Crippen LogP contribution in [0, 0.1) is 10.1 Å². The Morgan fingerprint density at radius 1 is 1.15 bits per heavy atom. The first-order chi connectivity index (χ1) is 12.0. The predicted octanol–water partition coefficient (Wildman–Crippen LogP) is 3.83. The van der Waals surface area contributed by atoms with Gasteiger partial charge < -0.3 is 10.2 Å². The fraction of sp³-hybridized carbons (Fsp3) is 0.316. The number of hydrogen-bond donors (Lipinski definition) is 1. The lowest BCUT2D eigenvalue weighted by molar-refractivity contribution is -0.384. The molecule has 1 unspecified atom stereocenters. The van der Waals surface area contributed by atoms with Crippen LogP contribution in [0.4, 0.5) is 5.69 Å². The summed E-state index contributed by atoms with van der Waals surface area (Å²) in [6, 6.07) is 15.4. The molecule has 2 rings (SSSR count). The molecule has 2 aromatic carbocycles. The number of non-ortho nitro benzene ring substituents is 1. The van der Waals surface area contributed by atoms with Crippen molar-refractivity contribution < 1.29 is 9.72 Å². The van der Waals surface area contributed by atoms with Gasteiger partial charge in [0.05, 0.1) is 11.0 Å². The molecule has 0 bridgehead atoms. The monoisotopic (exact) mass is 377 g/mol. The molecule has 26 heavy (non-hydrogen) atoms. The topological polar surface area (TPSA) is 75.5 Å². The Labute approximate surface area is 159 Å². The van der Waals surface area contributed by atoms with Gasteiger partial charge in [0.1, 0.15) is 0 Å². The lowest BCUT2D eigenvalue weighted by atomic mass is 10.0. The quantitative estimate of drug-likeness (QED) is 0.560. The second-order valence-electron chi connectivity index (χ2n) is 6.19. The Morgan fingerprint density at radius 3 is 2.46 bits per heavy atom. The number of carbonyl (C=O) groups is 1. The second-order valence-corrected chi connectivity index (χ2v) is 6.19. The number of carbonyl (C=O) groups excluding carboxylic acids is 1. The minimum atomic E-state index is -0.497. The van der Waals surface area contributed by atoms with Crippen LogP contribution >= 0.6 is 12.4 Å². The third-order valence-corrected chi connectivity index (χ3v) is 3.92. The molecule has 6 nitrogen and oxygen atoms in total. The zero-order valence-corrected chi connectivity index (χ0v) is 15.7. The van der Waals surface area contributed by atoms with Crippen LogP contribution in [0.1, 0.15) is 34.8 Å². The van der Waals surface area contributed by atoms with Crippen LogP contribution in [-0.2, 0) is 0 Å². The van der Waals surface area contributed by atoms with Crippen LogP contribution in [0.5, 0.6) is 0 Å². The molecule has 2 aromatic rings.